The number of hydrogen-bond acceptors (Lipinski definition) is 8. The van der Waals surface area contributed by atoms with E-state index in [1.807, 2.05) is 19.4 Å². The minimum atomic E-state index is -0.254. The Morgan fingerprint density at radius 2 is 2.19 bits per heavy atom. The lowest BCUT2D eigenvalue weighted by molar-refractivity contribution is 0.0948. The molecule has 2 aliphatic rings. The average molecular weight is 519 g/mol. The molecule has 11 nitrogen and oxygen atoms in total. The van der Waals surface area contributed by atoms with Crippen molar-refractivity contribution in [3.05, 3.63) is 46.8 Å². The number of aryl methyl sites for hydroxylation is 1. The van der Waals surface area contributed by atoms with Crippen LogP contribution in [0.2, 0.25) is 0 Å². The number of nitrogens with one attached hydrogen (secondary N) is 2. The zero-order valence-electron chi connectivity index (χ0n) is 20.4. The van der Waals surface area contributed by atoms with Crippen LogP contribution in [0.25, 0.3) is 37.2 Å². The molecule has 1 atom stereocenters. The van der Waals surface area contributed by atoms with E-state index < -0.39 is 0 Å². The van der Waals surface area contributed by atoms with Crippen molar-refractivity contribution < 1.29 is 9.53 Å². The number of nitrogens with zero attached hydrogens (tertiary/aromatic N) is 6. The van der Waals surface area contributed by atoms with Gasteiger partial charge in [-0.2, -0.15) is 10.2 Å². The van der Waals surface area contributed by atoms with Gasteiger partial charge >= 0.3 is 0 Å². The van der Waals surface area contributed by atoms with Crippen LogP contribution in [0, 0.1) is 5.41 Å². The van der Waals surface area contributed by atoms with Gasteiger partial charge in [0.1, 0.15) is 21.3 Å². The molecule has 2 aliphatic heterocycles. The van der Waals surface area contributed by atoms with Crippen LogP contribution in [0.5, 0.6) is 0 Å². The van der Waals surface area contributed by atoms with E-state index in [9.17, 15) is 9.59 Å². The Labute approximate surface area is 215 Å². The maximum absolute atomic E-state index is 13.1. The summed E-state index contributed by atoms with van der Waals surface area (Å²) in [6, 6.07) is 1.67. The Kier molecular flexibility index (Phi) is 5.17. The summed E-state index contributed by atoms with van der Waals surface area (Å²) in [4.78, 5) is 37.4. The molecule has 7 heterocycles. The van der Waals surface area contributed by atoms with Gasteiger partial charge in [0.2, 0.25) is 0 Å². The molecule has 2 N–H and O–H groups in total. The van der Waals surface area contributed by atoms with Gasteiger partial charge in [-0.05, 0) is 25.5 Å². The molecule has 5 aromatic heterocycles. The predicted molar refractivity (Wildman–Crippen MR) is 140 cm³/mol. The minimum Gasteiger partial charge on any atom is -0.381 e. The second-order valence-corrected chi connectivity index (χ2v) is 11.2. The highest BCUT2D eigenvalue weighted by atomic mass is 32.1. The summed E-state index contributed by atoms with van der Waals surface area (Å²) in [5.74, 6) is -0.208. The highest BCUT2D eigenvalue weighted by Gasteiger charge is 2.40. The Balaban J connectivity index is 1.11. The van der Waals surface area contributed by atoms with Gasteiger partial charge in [0.15, 0.2) is 0 Å². The van der Waals surface area contributed by atoms with Crippen molar-refractivity contribution in [3.8, 4) is 10.4 Å². The van der Waals surface area contributed by atoms with Crippen molar-refractivity contribution in [3.63, 3.8) is 0 Å². The van der Waals surface area contributed by atoms with Crippen molar-refractivity contribution in [1.82, 2.24) is 39.6 Å². The summed E-state index contributed by atoms with van der Waals surface area (Å²) < 4.78 is 9.06. The van der Waals surface area contributed by atoms with Gasteiger partial charge in [-0.25, -0.2) is 4.52 Å². The fourth-order valence-electron chi connectivity index (χ4n) is 5.58. The number of fused-ring (bicyclic) bond motifs is 5. The first kappa shape index (κ1) is 22.6. The zero-order valence-corrected chi connectivity index (χ0v) is 21.2. The van der Waals surface area contributed by atoms with E-state index >= 15 is 0 Å². The zero-order chi connectivity index (χ0) is 25.1. The summed E-state index contributed by atoms with van der Waals surface area (Å²) in [6.45, 7) is 5.14. The first-order valence-electron chi connectivity index (χ1n) is 12.4. The Morgan fingerprint density at radius 1 is 1.27 bits per heavy atom. The third-order valence-electron chi connectivity index (χ3n) is 7.57. The molecule has 2 fully saturated rings. The third-order valence-corrected chi connectivity index (χ3v) is 8.71. The van der Waals surface area contributed by atoms with Crippen molar-refractivity contribution >= 4 is 44.0 Å². The van der Waals surface area contributed by atoms with E-state index in [0.29, 0.717) is 39.5 Å². The standard InChI is InChI=1S/C25H26N8O3S/c1-31-11-16(10-28-31)18-12-33-24(37-18)19-21(30-33)20-17(29-23(19)35)8-15(9-27-20)22(34)26-4-6-32-5-2-25(13-32)3-7-36-14-25/h8-12H,2-7,13-14H2,1H3,(H,26,34)(H,29,35). The molecule has 0 bridgehead atoms. The summed E-state index contributed by atoms with van der Waals surface area (Å²) in [7, 11) is 1.86. The smallest absolute Gasteiger partial charge is 0.261 e. The van der Waals surface area contributed by atoms with Gasteiger partial charge in [-0.15, -0.1) is 11.3 Å². The number of hydrogen-bond donors (Lipinski definition) is 2. The van der Waals surface area contributed by atoms with Gasteiger partial charge in [0.05, 0.1) is 28.8 Å². The second kappa shape index (κ2) is 8.47. The van der Waals surface area contributed by atoms with Gasteiger partial charge in [0, 0.05) is 62.9 Å². The Bertz CT molecular complexity index is 1720. The van der Waals surface area contributed by atoms with E-state index in [1.54, 1.807) is 27.7 Å². The SMILES string of the molecule is Cn1cc(-c2cn3nc4c5ncc(C(=O)NCCN6CCC7(CCOC7)C6)cc5[nH]c(=O)c4c3s2)cn1. The number of ether oxygens (including phenoxy) is 1. The molecule has 1 unspecified atom stereocenters. The lowest BCUT2D eigenvalue weighted by Crippen LogP contribution is -2.35. The largest absolute Gasteiger partial charge is 0.381 e. The molecule has 0 radical (unpaired) electrons. The number of aromatic amines is 1. The highest BCUT2D eigenvalue weighted by molar-refractivity contribution is 7.21. The molecule has 2 saturated heterocycles. The summed E-state index contributed by atoms with van der Waals surface area (Å²) in [6.07, 6.45) is 9.44. The van der Waals surface area contributed by atoms with Crippen molar-refractivity contribution in [2.75, 3.05) is 39.4 Å². The molecule has 0 aliphatic carbocycles. The lowest BCUT2D eigenvalue weighted by atomic mass is 9.87. The molecular weight excluding hydrogens is 492 g/mol. The van der Waals surface area contributed by atoms with Crippen LogP contribution in [-0.2, 0) is 11.8 Å². The molecule has 0 aromatic carbocycles. The second-order valence-electron chi connectivity index (χ2n) is 10.1. The first-order chi connectivity index (χ1) is 18.0. The van der Waals surface area contributed by atoms with E-state index in [0.717, 1.165) is 61.0 Å². The van der Waals surface area contributed by atoms with Crippen LogP contribution in [0.15, 0.2) is 35.6 Å². The third kappa shape index (κ3) is 3.83. The van der Waals surface area contributed by atoms with Crippen LogP contribution in [0.1, 0.15) is 23.2 Å². The van der Waals surface area contributed by atoms with Crippen LogP contribution in [-0.4, -0.2) is 79.6 Å². The van der Waals surface area contributed by atoms with E-state index in [2.05, 4.69) is 30.4 Å². The van der Waals surface area contributed by atoms with E-state index in [4.69, 9.17) is 4.74 Å². The number of thiazole rings is 1. The van der Waals surface area contributed by atoms with Crippen molar-refractivity contribution in [2.45, 2.75) is 12.8 Å². The lowest BCUT2D eigenvalue weighted by Gasteiger charge is -2.22. The van der Waals surface area contributed by atoms with Gasteiger partial charge in [0.25, 0.3) is 11.5 Å². The molecule has 7 rings (SSSR count). The average Bonchev–Trinajstić information content (AvgIpc) is 3.69. The van der Waals surface area contributed by atoms with E-state index in [1.165, 1.54) is 11.3 Å². The molecule has 5 aromatic rings. The number of likely N-dealkylation sites (tertiary alicyclic amines) is 1. The summed E-state index contributed by atoms with van der Waals surface area (Å²) in [5, 5.41) is 12.4. The van der Waals surface area contributed by atoms with Crippen LogP contribution >= 0.6 is 11.3 Å². The number of rotatable bonds is 5. The summed E-state index contributed by atoms with van der Waals surface area (Å²) >= 11 is 1.48. The molecule has 1 spiro atoms. The Hall–Kier alpha value is -3.61. The molecule has 190 valence electrons. The number of pyridine rings is 2. The minimum absolute atomic E-state index is 0.208. The van der Waals surface area contributed by atoms with Crippen LogP contribution in [0.4, 0.5) is 0 Å². The van der Waals surface area contributed by atoms with Crippen molar-refractivity contribution in [1.29, 1.82) is 0 Å². The van der Waals surface area contributed by atoms with Crippen LogP contribution < -0.4 is 10.9 Å². The number of amides is 1. The monoisotopic (exact) mass is 518 g/mol. The van der Waals surface area contributed by atoms with Gasteiger partial charge < -0.3 is 19.9 Å². The fourth-order valence-corrected chi connectivity index (χ4v) is 6.64. The molecule has 12 heteroatoms. The first-order valence-corrected chi connectivity index (χ1v) is 13.2. The maximum atomic E-state index is 13.1. The topological polar surface area (TPSA) is 122 Å². The van der Waals surface area contributed by atoms with E-state index in [-0.39, 0.29) is 11.5 Å². The molecule has 1 amide bonds. The maximum Gasteiger partial charge on any atom is 0.261 e. The summed E-state index contributed by atoms with van der Waals surface area (Å²) in [5.41, 5.74) is 3.00. The number of carbonyl (C=O) groups excluding carboxylic acids is 1. The molecular formula is C25H26N8O3S. The molecule has 0 saturated carbocycles. The number of carbonyl (C=O) groups is 1. The van der Waals surface area contributed by atoms with Crippen LogP contribution in [0.3, 0.4) is 0 Å². The number of aromatic nitrogens is 6. The predicted octanol–water partition coefficient (Wildman–Crippen LogP) is 2.03. The Morgan fingerprint density at radius 3 is 3.00 bits per heavy atom. The van der Waals surface area contributed by atoms with Gasteiger partial charge in [-0.3, -0.25) is 19.3 Å². The molecule has 37 heavy (non-hydrogen) atoms. The fraction of sp³-hybridized carbons (Fsp3) is 0.400. The number of H-pyrrole nitrogens is 1. The normalized spacial score (nSPS) is 20.2. The quantitative estimate of drug-likeness (QED) is 0.365. The van der Waals surface area contributed by atoms with Crippen molar-refractivity contribution in [2.24, 2.45) is 12.5 Å². The highest BCUT2D eigenvalue weighted by Crippen LogP contribution is 2.38. The van der Waals surface area contributed by atoms with Gasteiger partial charge in [-0.1, -0.05) is 0 Å².